The van der Waals surface area contributed by atoms with Gasteiger partial charge in [0.05, 0.1) is 12.7 Å². The molecule has 0 atom stereocenters. The average Bonchev–Trinajstić information content (AvgIpc) is 2.96. The Bertz CT molecular complexity index is 766. The van der Waals surface area contributed by atoms with Gasteiger partial charge in [0.15, 0.2) is 0 Å². The van der Waals surface area contributed by atoms with Crippen LogP contribution in [0.15, 0.2) is 66.9 Å². The fourth-order valence-electron chi connectivity index (χ4n) is 2.11. The third kappa shape index (κ3) is 3.20. The van der Waals surface area contributed by atoms with E-state index in [-0.39, 0.29) is 11.7 Å². The first-order chi connectivity index (χ1) is 10.7. The van der Waals surface area contributed by atoms with Crippen molar-refractivity contribution in [3.8, 4) is 0 Å². The molecule has 0 saturated carbocycles. The lowest BCUT2D eigenvalue weighted by Gasteiger charge is -2.09. The van der Waals surface area contributed by atoms with E-state index in [1.807, 2.05) is 30.3 Å². The van der Waals surface area contributed by atoms with E-state index in [1.54, 1.807) is 16.9 Å². The zero-order valence-electron chi connectivity index (χ0n) is 11.7. The second kappa shape index (κ2) is 6.22. The number of aromatic nitrogens is 2. The number of benzene rings is 2. The third-order valence-corrected chi connectivity index (χ3v) is 3.24. The molecule has 1 aromatic heterocycles. The van der Waals surface area contributed by atoms with Crippen molar-refractivity contribution in [1.82, 2.24) is 9.78 Å². The average molecular weight is 295 g/mol. The second-order valence-electron chi connectivity index (χ2n) is 4.82. The molecule has 4 nitrogen and oxygen atoms in total. The van der Waals surface area contributed by atoms with Gasteiger partial charge in [-0.25, -0.2) is 9.07 Å². The van der Waals surface area contributed by atoms with Crippen molar-refractivity contribution >= 4 is 11.7 Å². The van der Waals surface area contributed by atoms with Crippen molar-refractivity contribution < 1.29 is 9.18 Å². The van der Waals surface area contributed by atoms with Crippen molar-refractivity contribution in [2.45, 2.75) is 6.54 Å². The summed E-state index contributed by atoms with van der Waals surface area (Å²) in [5.74, 6) is -0.0707. The van der Waals surface area contributed by atoms with Crippen LogP contribution in [0, 0.1) is 5.82 Å². The van der Waals surface area contributed by atoms with E-state index in [0.717, 1.165) is 5.56 Å². The summed E-state index contributed by atoms with van der Waals surface area (Å²) in [7, 11) is 0. The standard InChI is InChI=1S/C17H14FN3O/c18-15-8-6-14(7-9-15)17(22)20-16-10-11-19-21(16)12-13-4-2-1-3-5-13/h1-11H,12H2,(H,20,22). The molecular formula is C17H14FN3O. The molecule has 110 valence electrons. The molecule has 2 aromatic carbocycles. The molecule has 0 aliphatic heterocycles. The minimum Gasteiger partial charge on any atom is -0.307 e. The summed E-state index contributed by atoms with van der Waals surface area (Å²) < 4.78 is 14.6. The van der Waals surface area contributed by atoms with Crippen molar-refractivity contribution in [3.05, 3.63) is 83.8 Å². The Balaban J connectivity index is 1.75. The van der Waals surface area contributed by atoms with Crippen LogP contribution < -0.4 is 5.32 Å². The monoisotopic (exact) mass is 295 g/mol. The third-order valence-electron chi connectivity index (χ3n) is 3.24. The van der Waals surface area contributed by atoms with Crippen LogP contribution >= 0.6 is 0 Å². The topological polar surface area (TPSA) is 46.9 Å². The van der Waals surface area contributed by atoms with Crippen LogP contribution in [-0.4, -0.2) is 15.7 Å². The lowest BCUT2D eigenvalue weighted by molar-refractivity contribution is 0.102. The van der Waals surface area contributed by atoms with Gasteiger partial charge in [-0.1, -0.05) is 30.3 Å². The molecule has 0 aliphatic carbocycles. The fraction of sp³-hybridized carbons (Fsp3) is 0.0588. The summed E-state index contributed by atoms with van der Waals surface area (Å²) in [5.41, 5.74) is 1.48. The van der Waals surface area contributed by atoms with Crippen molar-refractivity contribution in [3.63, 3.8) is 0 Å². The Morgan fingerprint density at radius 2 is 1.77 bits per heavy atom. The quantitative estimate of drug-likeness (QED) is 0.802. The molecule has 0 spiro atoms. The summed E-state index contributed by atoms with van der Waals surface area (Å²) in [6.07, 6.45) is 1.63. The SMILES string of the molecule is O=C(Nc1ccnn1Cc1ccccc1)c1ccc(F)cc1. The molecule has 0 unspecified atom stereocenters. The van der Waals surface area contributed by atoms with E-state index >= 15 is 0 Å². The lowest BCUT2D eigenvalue weighted by Crippen LogP contribution is -2.16. The molecule has 1 N–H and O–H groups in total. The Labute approximate surface area is 127 Å². The van der Waals surface area contributed by atoms with Crippen LogP contribution in [0.2, 0.25) is 0 Å². The number of hydrogen-bond acceptors (Lipinski definition) is 2. The summed E-state index contributed by atoms with van der Waals surface area (Å²) in [5, 5.41) is 7.00. The number of carbonyl (C=O) groups excluding carboxylic acids is 1. The highest BCUT2D eigenvalue weighted by Crippen LogP contribution is 2.12. The zero-order valence-corrected chi connectivity index (χ0v) is 11.7. The van der Waals surface area contributed by atoms with Gasteiger partial charge in [0, 0.05) is 11.6 Å². The number of nitrogens with one attached hydrogen (secondary N) is 1. The van der Waals surface area contributed by atoms with E-state index in [2.05, 4.69) is 10.4 Å². The lowest BCUT2D eigenvalue weighted by atomic mass is 10.2. The summed E-state index contributed by atoms with van der Waals surface area (Å²) in [6, 6.07) is 17.0. The number of nitrogens with zero attached hydrogens (tertiary/aromatic N) is 2. The number of hydrogen-bond donors (Lipinski definition) is 1. The number of anilines is 1. The molecule has 0 bridgehead atoms. The van der Waals surface area contributed by atoms with Crippen LogP contribution in [0.3, 0.4) is 0 Å². The highest BCUT2D eigenvalue weighted by atomic mass is 19.1. The van der Waals surface area contributed by atoms with Gasteiger partial charge in [-0.3, -0.25) is 4.79 Å². The van der Waals surface area contributed by atoms with Gasteiger partial charge in [0.1, 0.15) is 11.6 Å². The molecule has 5 heteroatoms. The van der Waals surface area contributed by atoms with E-state index in [0.29, 0.717) is 17.9 Å². The molecule has 0 radical (unpaired) electrons. The molecule has 3 aromatic rings. The fourth-order valence-corrected chi connectivity index (χ4v) is 2.11. The molecule has 22 heavy (non-hydrogen) atoms. The molecule has 1 amide bonds. The summed E-state index contributed by atoms with van der Waals surface area (Å²) in [6.45, 7) is 0.562. The van der Waals surface area contributed by atoms with Crippen LogP contribution in [0.1, 0.15) is 15.9 Å². The summed E-state index contributed by atoms with van der Waals surface area (Å²) >= 11 is 0. The Hall–Kier alpha value is -2.95. The first-order valence-corrected chi connectivity index (χ1v) is 6.85. The number of carbonyl (C=O) groups is 1. The van der Waals surface area contributed by atoms with E-state index in [1.165, 1.54) is 24.3 Å². The van der Waals surface area contributed by atoms with Crippen LogP contribution in [0.5, 0.6) is 0 Å². The van der Waals surface area contributed by atoms with Crippen molar-refractivity contribution in [2.75, 3.05) is 5.32 Å². The predicted octanol–water partition coefficient (Wildman–Crippen LogP) is 3.32. The van der Waals surface area contributed by atoms with Gasteiger partial charge in [0.25, 0.3) is 5.91 Å². The van der Waals surface area contributed by atoms with Gasteiger partial charge in [-0.15, -0.1) is 0 Å². The van der Waals surface area contributed by atoms with Gasteiger partial charge < -0.3 is 5.32 Å². The minimum atomic E-state index is -0.370. The first kappa shape index (κ1) is 14.0. The van der Waals surface area contributed by atoms with Gasteiger partial charge in [0.2, 0.25) is 0 Å². The largest absolute Gasteiger partial charge is 0.307 e. The molecular weight excluding hydrogens is 281 g/mol. The Kier molecular flexibility index (Phi) is 3.96. The molecule has 0 aliphatic rings. The highest BCUT2D eigenvalue weighted by Gasteiger charge is 2.10. The maximum Gasteiger partial charge on any atom is 0.256 e. The maximum atomic E-state index is 12.9. The van der Waals surface area contributed by atoms with Crippen molar-refractivity contribution in [1.29, 1.82) is 0 Å². The Morgan fingerprint density at radius 1 is 1.05 bits per heavy atom. The predicted molar refractivity (Wildman–Crippen MR) is 82.1 cm³/mol. The molecule has 3 rings (SSSR count). The smallest absolute Gasteiger partial charge is 0.256 e. The molecule has 0 saturated heterocycles. The molecule has 0 fully saturated rings. The van der Waals surface area contributed by atoms with E-state index < -0.39 is 0 Å². The van der Waals surface area contributed by atoms with Crippen LogP contribution in [-0.2, 0) is 6.54 Å². The number of amides is 1. The molecule has 1 heterocycles. The number of rotatable bonds is 4. The number of halogens is 1. The van der Waals surface area contributed by atoms with Gasteiger partial charge >= 0.3 is 0 Å². The van der Waals surface area contributed by atoms with Crippen LogP contribution in [0.4, 0.5) is 10.2 Å². The van der Waals surface area contributed by atoms with E-state index in [9.17, 15) is 9.18 Å². The first-order valence-electron chi connectivity index (χ1n) is 6.85. The van der Waals surface area contributed by atoms with Gasteiger partial charge in [-0.05, 0) is 29.8 Å². The Morgan fingerprint density at radius 3 is 2.50 bits per heavy atom. The minimum absolute atomic E-state index is 0.296. The van der Waals surface area contributed by atoms with E-state index in [4.69, 9.17) is 0 Å². The highest BCUT2D eigenvalue weighted by molar-refractivity contribution is 6.03. The summed E-state index contributed by atoms with van der Waals surface area (Å²) in [4.78, 5) is 12.2. The van der Waals surface area contributed by atoms with Crippen molar-refractivity contribution in [2.24, 2.45) is 0 Å². The van der Waals surface area contributed by atoms with Gasteiger partial charge in [-0.2, -0.15) is 5.10 Å². The normalized spacial score (nSPS) is 10.4. The zero-order chi connectivity index (χ0) is 15.4. The maximum absolute atomic E-state index is 12.9. The second-order valence-corrected chi connectivity index (χ2v) is 4.82. The van der Waals surface area contributed by atoms with Crippen LogP contribution in [0.25, 0.3) is 0 Å².